The molecule has 0 spiro atoms. The highest BCUT2D eigenvalue weighted by atomic mass is 28.3. The van der Waals surface area contributed by atoms with Crippen LogP contribution in [0.15, 0.2) is 217 Å². The number of furan rings is 1. The molecule has 272 valence electrons. The number of nitrogens with zero attached hydrogens (tertiary/aromatic N) is 3. The van der Waals surface area contributed by atoms with Crippen molar-refractivity contribution in [1.29, 1.82) is 0 Å². The van der Waals surface area contributed by atoms with E-state index in [4.69, 9.17) is 9.40 Å². The van der Waals surface area contributed by atoms with Crippen molar-refractivity contribution >= 4 is 94.5 Å². The van der Waals surface area contributed by atoms with Crippen molar-refractivity contribution in [3.63, 3.8) is 0 Å². The van der Waals surface area contributed by atoms with Crippen LogP contribution in [0.1, 0.15) is 0 Å². The summed E-state index contributed by atoms with van der Waals surface area (Å²) in [5.74, 6) is 0. The Morgan fingerprint density at radius 2 is 0.966 bits per heavy atom. The molecule has 8 aromatic carbocycles. The van der Waals surface area contributed by atoms with E-state index >= 15 is 0 Å². The molecule has 0 saturated heterocycles. The number of aromatic nitrogens is 3. The van der Waals surface area contributed by atoms with Crippen molar-refractivity contribution in [2.45, 2.75) is 0 Å². The second-order valence-corrected chi connectivity index (χ2v) is 18.9. The molecular weight excluding hydrogens is 723 g/mol. The largest absolute Gasteiger partial charge is 0.456 e. The van der Waals surface area contributed by atoms with Gasteiger partial charge in [0.25, 0.3) is 0 Å². The first kappa shape index (κ1) is 32.7. The van der Waals surface area contributed by atoms with E-state index in [2.05, 4.69) is 203 Å². The van der Waals surface area contributed by atoms with E-state index in [0.717, 1.165) is 55.4 Å². The molecular formula is C53H35N3OSi. The molecule has 0 fully saturated rings. The summed E-state index contributed by atoms with van der Waals surface area (Å²) in [5, 5.41) is 12.4. The summed E-state index contributed by atoms with van der Waals surface area (Å²) >= 11 is 0. The van der Waals surface area contributed by atoms with Gasteiger partial charge in [-0.15, -0.1) is 0 Å². The molecule has 58 heavy (non-hydrogen) atoms. The van der Waals surface area contributed by atoms with Crippen LogP contribution < -0.4 is 20.7 Å². The lowest BCUT2D eigenvalue weighted by molar-refractivity contribution is 0.669. The van der Waals surface area contributed by atoms with E-state index < -0.39 is 8.07 Å². The molecule has 4 heterocycles. The summed E-state index contributed by atoms with van der Waals surface area (Å²) in [6.45, 7) is 0. The number of hydrogen-bond donors (Lipinski definition) is 0. The molecule has 0 N–H and O–H groups in total. The fraction of sp³-hybridized carbons (Fsp3) is 0. The minimum Gasteiger partial charge on any atom is -0.456 e. The zero-order chi connectivity index (χ0) is 38.2. The van der Waals surface area contributed by atoms with Crippen LogP contribution in [0.5, 0.6) is 0 Å². The van der Waals surface area contributed by atoms with Crippen molar-refractivity contribution in [2.24, 2.45) is 0 Å². The Labute approximate surface area is 335 Å². The molecule has 12 rings (SSSR count). The number of benzene rings is 8. The Kier molecular flexibility index (Phi) is 7.21. The number of rotatable bonds is 6. The lowest BCUT2D eigenvalue weighted by Crippen LogP contribution is -2.74. The van der Waals surface area contributed by atoms with E-state index in [1.54, 1.807) is 0 Å². The van der Waals surface area contributed by atoms with Gasteiger partial charge in [-0.1, -0.05) is 140 Å². The smallest absolute Gasteiger partial charge is 0.179 e. The monoisotopic (exact) mass is 757 g/mol. The van der Waals surface area contributed by atoms with E-state index in [0.29, 0.717) is 0 Å². The molecule has 0 atom stereocenters. The number of pyridine rings is 1. The Bertz CT molecular complexity index is 3420. The van der Waals surface area contributed by atoms with Crippen LogP contribution in [0.3, 0.4) is 0 Å². The number of hydrogen-bond acceptors (Lipinski definition) is 2. The zero-order valence-corrected chi connectivity index (χ0v) is 32.5. The maximum absolute atomic E-state index is 6.37. The Hall–Kier alpha value is -7.47. The molecule has 4 aromatic heterocycles. The van der Waals surface area contributed by atoms with Crippen molar-refractivity contribution in [2.75, 3.05) is 0 Å². The fourth-order valence-electron chi connectivity index (χ4n) is 9.72. The van der Waals surface area contributed by atoms with Crippen LogP contribution in [0.2, 0.25) is 0 Å². The Morgan fingerprint density at radius 1 is 0.362 bits per heavy atom. The van der Waals surface area contributed by atoms with Gasteiger partial charge in [0, 0.05) is 49.9 Å². The summed E-state index contributed by atoms with van der Waals surface area (Å²) in [6.07, 6.45) is 1.90. The molecule has 0 bridgehead atoms. The number of para-hydroxylation sites is 3. The topological polar surface area (TPSA) is 35.9 Å². The van der Waals surface area contributed by atoms with Crippen molar-refractivity contribution in [3.05, 3.63) is 212 Å². The first-order valence-electron chi connectivity index (χ1n) is 19.8. The third kappa shape index (κ3) is 4.65. The van der Waals surface area contributed by atoms with Gasteiger partial charge >= 0.3 is 0 Å². The third-order valence-corrected chi connectivity index (χ3v) is 16.9. The van der Waals surface area contributed by atoms with Gasteiger partial charge in [-0.25, -0.2) is 4.98 Å². The van der Waals surface area contributed by atoms with Gasteiger partial charge in [0.15, 0.2) is 8.07 Å². The first-order chi connectivity index (χ1) is 28.8. The van der Waals surface area contributed by atoms with Crippen molar-refractivity contribution in [1.82, 2.24) is 14.1 Å². The average molecular weight is 758 g/mol. The van der Waals surface area contributed by atoms with Gasteiger partial charge < -0.3 is 8.98 Å². The minimum atomic E-state index is -2.91. The summed E-state index contributed by atoms with van der Waals surface area (Å²) in [6, 6.07) is 75.3. The molecule has 4 nitrogen and oxygen atoms in total. The Balaban J connectivity index is 1.11. The highest BCUT2D eigenvalue weighted by Gasteiger charge is 2.41. The lowest BCUT2D eigenvalue weighted by Gasteiger charge is -2.35. The second kappa shape index (κ2) is 12.8. The van der Waals surface area contributed by atoms with E-state index in [1.165, 1.54) is 42.4 Å². The zero-order valence-electron chi connectivity index (χ0n) is 31.5. The normalized spacial score (nSPS) is 12.1. The van der Waals surface area contributed by atoms with Gasteiger partial charge in [-0.3, -0.25) is 4.57 Å². The standard InChI is InChI=1S/C53H35N3OSi/c1-3-16-38(17-4-1)58(39-18-5-2-6-19-39,41-20-13-15-37(35-41)56-46-25-10-7-21-42(46)43-24-14-34-54-53(43)56)40-30-28-36(29-31-40)55-47-26-11-8-22-44(47)51-48(55)32-33-50-52(51)45-23-9-12-27-49(45)57-50/h1-35H. The van der Waals surface area contributed by atoms with Crippen LogP contribution in [0.25, 0.3) is 77.1 Å². The van der Waals surface area contributed by atoms with Crippen LogP contribution in [0, 0.1) is 0 Å². The minimum absolute atomic E-state index is 0.910. The highest BCUT2D eigenvalue weighted by molar-refractivity contribution is 7.19. The lowest BCUT2D eigenvalue weighted by atomic mass is 10.1. The van der Waals surface area contributed by atoms with Gasteiger partial charge in [-0.05, 0) is 87.5 Å². The Morgan fingerprint density at radius 3 is 1.72 bits per heavy atom. The van der Waals surface area contributed by atoms with Crippen molar-refractivity contribution < 1.29 is 4.42 Å². The maximum atomic E-state index is 6.37. The summed E-state index contributed by atoms with van der Waals surface area (Å²) in [4.78, 5) is 4.93. The summed E-state index contributed by atoms with van der Waals surface area (Å²) in [7, 11) is -2.91. The van der Waals surface area contributed by atoms with E-state index in [1.807, 2.05) is 18.3 Å². The fourth-order valence-corrected chi connectivity index (χ4v) is 14.5. The molecule has 5 heteroatoms. The molecule has 0 aliphatic rings. The molecule has 0 saturated carbocycles. The predicted octanol–water partition coefficient (Wildman–Crippen LogP) is 10.6. The predicted molar refractivity (Wildman–Crippen MR) is 244 cm³/mol. The SMILES string of the molecule is c1ccc([Si](c2ccccc2)(c2ccc(-n3c4ccccc4c4c5c(ccc43)oc3ccccc35)cc2)c2cccc(-n3c4ccccc4c4cccnc43)c2)cc1. The summed E-state index contributed by atoms with van der Waals surface area (Å²) in [5.41, 5.74) is 8.49. The molecule has 0 amide bonds. The number of fused-ring (bicyclic) bond motifs is 10. The molecule has 0 unspecified atom stereocenters. The van der Waals surface area contributed by atoms with E-state index in [9.17, 15) is 0 Å². The molecule has 0 aliphatic heterocycles. The van der Waals surface area contributed by atoms with Gasteiger partial charge in [0.2, 0.25) is 0 Å². The quantitative estimate of drug-likeness (QED) is 0.125. The molecule has 12 aromatic rings. The summed E-state index contributed by atoms with van der Waals surface area (Å²) < 4.78 is 11.1. The molecule has 0 aliphatic carbocycles. The highest BCUT2D eigenvalue weighted by Crippen LogP contribution is 2.41. The van der Waals surface area contributed by atoms with Crippen LogP contribution >= 0.6 is 0 Å². The molecule has 0 radical (unpaired) electrons. The van der Waals surface area contributed by atoms with Gasteiger partial charge in [0.05, 0.1) is 16.6 Å². The average Bonchev–Trinajstić information content (AvgIpc) is 3.96. The van der Waals surface area contributed by atoms with Crippen LogP contribution in [-0.4, -0.2) is 22.2 Å². The first-order valence-corrected chi connectivity index (χ1v) is 21.8. The van der Waals surface area contributed by atoms with E-state index in [-0.39, 0.29) is 0 Å². The van der Waals surface area contributed by atoms with Crippen LogP contribution in [-0.2, 0) is 0 Å². The maximum Gasteiger partial charge on any atom is 0.179 e. The van der Waals surface area contributed by atoms with Gasteiger partial charge in [-0.2, -0.15) is 0 Å². The van der Waals surface area contributed by atoms with Crippen LogP contribution in [0.4, 0.5) is 0 Å². The van der Waals surface area contributed by atoms with Crippen molar-refractivity contribution in [3.8, 4) is 11.4 Å². The second-order valence-electron chi connectivity index (χ2n) is 15.1. The third-order valence-electron chi connectivity index (χ3n) is 12.1. The van der Waals surface area contributed by atoms with Gasteiger partial charge in [0.1, 0.15) is 16.8 Å².